The van der Waals surface area contributed by atoms with Gasteiger partial charge in [-0.2, -0.15) is 0 Å². The molecule has 1 aromatic heterocycles. The topological polar surface area (TPSA) is 33.5 Å². The molecule has 0 saturated carbocycles. The van der Waals surface area contributed by atoms with Crippen LogP contribution in [0.5, 0.6) is 0 Å². The third-order valence-corrected chi connectivity index (χ3v) is 6.80. The molecule has 2 aromatic rings. The summed E-state index contributed by atoms with van der Waals surface area (Å²) >= 11 is 0. The molecule has 3 heteroatoms. The lowest BCUT2D eigenvalue weighted by Gasteiger charge is -2.49. The van der Waals surface area contributed by atoms with Crippen LogP contribution in [-0.2, 0) is 10.8 Å². The Morgan fingerprint density at radius 3 is 2.00 bits per heavy atom. The van der Waals surface area contributed by atoms with E-state index in [2.05, 4.69) is 46.4 Å². The van der Waals surface area contributed by atoms with E-state index in [9.17, 15) is 4.79 Å². The Labute approximate surface area is 150 Å². The fraction of sp³-hybridized carbons (Fsp3) is 0.591. The summed E-state index contributed by atoms with van der Waals surface area (Å²) in [6.07, 6.45) is 2.26. The van der Waals surface area contributed by atoms with Gasteiger partial charge in [-0.25, -0.2) is 4.79 Å². The van der Waals surface area contributed by atoms with E-state index in [0.29, 0.717) is 0 Å². The van der Waals surface area contributed by atoms with Crippen LogP contribution >= 0.6 is 0 Å². The highest BCUT2D eigenvalue weighted by Crippen LogP contribution is 2.53. The van der Waals surface area contributed by atoms with Gasteiger partial charge >= 0.3 is 5.63 Å². The van der Waals surface area contributed by atoms with Gasteiger partial charge in [0, 0.05) is 35.3 Å². The first-order valence-corrected chi connectivity index (χ1v) is 9.43. The second-order valence-corrected chi connectivity index (χ2v) is 9.32. The number of nitrogens with zero attached hydrogens (tertiary/aromatic N) is 1. The second kappa shape index (κ2) is 4.90. The van der Waals surface area contributed by atoms with Gasteiger partial charge in [-0.15, -0.1) is 0 Å². The Morgan fingerprint density at radius 2 is 1.40 bits per heavy atom. The number of rotatable bonds is 0. The summed E-state index contributed by atoms with van der Waals surface area (Å²) in [6.45, 7) is 17.7. The average molecular weight is 339 g/mol. The number of benzene rings is 1. The molecule has 2 aliphatic heterocycles. The summed E-state index contributed by atoms with van der Waals surface area (Å²) in [5.74, 6) is 0. The molecule has 0 bridgehead atoms. The molecule has 25 heavy (non-hydrogen) atoms. The van der Waals surface area contributed by atoms with E-state index in [1.54, 1.807) is 0 Å². The molecule has 0 spiro atoms. The van der Waals surface area contributed by atoms with E-state index in [4.69, 9.17) is 4.42 Å². The van der Waals surface area contributed by atoms with Gasteiger partial charge in [0.2, 0.25) is 0 Å². The summed E-state index contributed by atoms with van der Waals surface area (Å²) in [5, 5.41) is 1.16. The summed E-state index contributed by atoms with van der Waals surface area (Å²) in [6, 6.07) is 0. The van der Waals surface area contributed by atoms with Gasteiger partial charge in [0.05, 0.1) is 0 Å². The minimum absolute atomic E-state index is 0.0115. The maximum absolute atomic E-state index is 12.5. The molecule has 1 aromatic carbocycles. The zero-order chi connectivity index (χ0) is 18.3. The summed E-state index contributed by atoms with van der Waals surface area (Å²) in [4.78, 5) is 15.0. The van der Waals surface area contributed by atoms with E-state index < -0.39 is 0 Å². The Morgan fingerprint density at radius 1 is 0.840 bits per heavy atom. The van der Waals surface area contributed by atoms with Crippen molar-refractivity contribution in [2.24, 2.45) is 0 Å². The first-order chi connectivity index (χ1) is 11.6. The van der Waals surface area contributed by atoms with Crippen molar-refractivity contribution in [3.63, 3.8) is 0 Å². The molecule has 0 amide bonds. The van der Waals surface area contributed by atoms with Crippen molar-refractivity contribution in [1.82, 2.24) is 0 Å². The lowest BCUT2D eigenvalue weighted by Crippen LogP contribution is -2.45. The zero-order valence-electron chi connectivity index (χ0n) is 16.6. The molecule has 0 unspecified atom stereocenters. The Bertz CT molecular complexity index is 961. The molecule has 134 valence electrons. The third kappa shape index (κ3) is 2.07. The fourth-order valence-corrected chi connectivity index (χ4v) is 5.08. The van der Waals surface area contributed by atoms with Crippen LogP contribution in [0.4, 0.5) is 5.69 Å². The van der Waals surface area contributed by atoms with Crippen LogP contribution in [0.15, 0.2) is 9.21 Å². The van der Waals surface area contributed by atoms with Crippen molar-refractivity contribution in [3.8, 4) is 0 Å². The molecule has 0 atom stereocenters. The quantitative estimate of drug-likeness (QED) is 0.641. The highest BCUT2D eigenvalue weighted by atomic mass is 16.4. The Kier molecular flexibility index (Phi) is 3.27. The van der Waals surface area contributed by atoms with E-state index in [-0.39, 0.29) is 16.5 Å². The molecule has 3 nitrogen and oxygen atoms in total. The monoisotopic (exact) mass is 339 g/mol. The van der Waals surface area contributed by atoms with Gasteiger partial charge in [0.1, 0.15) is 5.58 Å². The Balaban J connectivity index is 2.31. The van der Waals surface area contributed by atoms with Gasteiger partial charge in [-0.3, -0.25) is 0 Å². The number of hydrogen-bond acceptors (Lipinski definition) is 3. The van der Waals surface area contributed by atoms with Gasteiger partial charge < -0.3 is 9.32 Å². The smallest absolute Gasteiger partial charge is 0.339 e. The van der Waals surface area contributed by atoms with Gasteiger partial charge in [-0.05, 0) is 61.1 Å². The number of hydrogen-bond donors (Lipinski definition) is 0. The number of fused-ring (bicyclic) bond motifs is 2. The highest BCUT2D eigenvalue weighted by molar-refractivity contribution is 5.95. The van der Waals surface area contributed by atoms with Crippen molar-refractivity contribution in [2.75, 3.05) is 18.0 Å². The van der Waals surface area contributed by atoms with Crippen molar-refractivity contribution in [3.05, 3.63) is 38.2 Å². The molecule has 3 heterocycles. The van der Waals surface area contributed by atoms with Gasteiger partial charge in [-0.1, -0.05) is 27.7 Å². The molecule has 0 saturated heterocycles. The van der Waals surface area contributed by atoms with Crippen LogP contribution in [0.1, 0.15) is 68.4 Å². The lowest BCUT2D eigenvalue weighted by atomic mass is 9.67. The maximum Gasteiger partial charge on any atom is 0.339 e. The van der Waals surface area contributed by atoms with Crippen LogP contribution in [0.25, 0.3) is 11.0 Å². The van der Waals surface area contributed by atoms with E-state index in [1.165, 1.54) is 28.8 Å². The normalized spacial score (nSPS) is 20.7. The molecule has 0 radical (unpaired) electrons. The SMILES string of the molecule is Cc1c(C)c2c(C)c3c4c(c2oc1=O)C(C)(C)CCN4CCC3(C)C. The molecular weight excluding hydrogens is 310 g/mol. The predicted octanol–water partition coefficient (Wildman–Crippen LogP) is 4.89. The van der Waals surface area contributed by atoms with E-state index in [0.717, 1.165) is 41.6 Å². The minimum atomic E-state index is -0.191. The maximum atomic E-state index is 12.5. The van der Waals surface area contributed by atoms with Crippen LogP contribution < -0.4 is 10.5 Å². The summed E-state index contributed by atoms with van der Waals surface area (Å²) in [5.41, 5.74) is 7.97. The summed E-state index contributed by atoms with van der Waals surface area (Å²) in [7, 11) is 0. The molecular formula is C22H29NO2. The van der Waals surface area contributed by atoms with Gasteiger partial charge in [0.25, 0.3) is 0 Å². The Hall–Kier alpha value is -1.77. The first-order valence-electron chi connectivity index (χ1n) is 9.43. The van der Waals surface area contributed by atoms with E-state index >= 15 is 0 Å². The van der Waals surface area contributed by atoms with E-state index in [1.807, 2.05) is 6.92 Å². The molecule has 2 aliphatic rings. The van der Waals surface area contributed by atoms with Crippen molar-refractivity contribution < 1.29 is 4.42 Å². The average Bonchev–Trinajstić information content (AvgIpc) is 2.50. The van der Waals surface area contributed by atoms with Gasteiger partial charge in [0.15, 0.2) is 0 Å². The third-order valence-electron chi connectivity index (χ3n) is 6.80. The summed E-state index contributed by atoms with van der Waals surface area (Å²) < 4.78 is 5.95. The van der Waals surface area contributed by atoms with Crippen LogP contribution in [0.2, 0.25) is 0 Å². The largest absolute Gasteiger partial charge is 0.422 e. The minimum Gasteiger partial charge on any atom is -0.422 e. The standard InChI is InChI=1S/C22H29NO2/c1-12-13(2)20(24)25-19-15(12)14(3)16-18-17(19)22(6,7)9-11-23(18)10-8-21(16,4)5/h8-11H2,1-7H3. The van der Waals surface area contributed by atoms with Crippen molar-refractivity contribution in [2.45, 2.75) is 72.1 Å². The molecule has 0 aliphatic carbocycles. The van der Waals surface area contributed by atoms with Crippen LogP contribution in [0.3, 0.4) is 0 Å². The highest BCUT2D eigenvalue weighted by Gasteiger charge is 2.43. The fourth-order valence-electron chi connectivity index (χ4n) is 5.08. The predicted molar refractivity (Wildman–Crippen MR) is 104 cm³/mol. The van der Waals surface area contributed by atoms with Crippen molar-refractivity contribution >= 4 is 16.7 Å². The van der Waals surface area contributed by atoms with Crippen LogP contribution in [-0.4, -0.2) is 13.1 Å². The zero-order valence-corrected chi connectivity index (χ0v) is 16.6. The van der Waals surface area contributed by atoms with Crippen LogP contribution in [0, 0.1) is 20.8 Å². The number of aryl methyl sites for hydroxylation is 2. The second-order valence-electron chi connectivity index (χ2n) is 9.32. The number of anilines is 1. The molecule has 0 N–H and O–H groups in total. The molecule has 4 rings (SSSR count). The molecule has 0 fully saturated rings. The van der Waals surface area contributed by atoms with Crippen molar-refractivity contribution in [1.29, 1.82) is 0 Å². The lowest BCUT2D eigenvalue weighted by molar-refractivity contribution is 0.397. The first kappa shape index (κ1) is 16.7.